The zero-order chi connectivity index (χ0) is 20.5. The van der Waals surface area contributed by atoms with Gasteiger partial charge in [0.1, 0.15) is 5.70 Å². The van der Waals surface area contributed by atoms with Gasteiger partial charge in [-0.3, -0.25) is 9.59 Å². The Morgan fingerprint density at radius 1 is 0.724 bits per heavy atom. The van der Waals surface area contributed by atoms with Gasteiger partial charge in [-0.05, 0) is 61.2 Å². The highest BCUT2D eigenvalue weighted by Crippen LogP contribution is 2.35. The molecule has 1 N–H and O–H groups in total. The molecule has 0 spiro atoms. The van der Waals surface area contributed by atoms with Crippen LogP contribution < -0.4 is 10.2 Å². The normalized spacial score (nSPS) is 14.0. The lowest BCUT2D eigenvalue weighted by Crippen LogP contribution is -2.33. The quantitative estimate of drug-likeness (QED) is 0.646. The van der Waals surface area contributed by atoms with Crippen molar-refractivity contribution in [3.05, 3.63) is 101 Å². The van der Waals surface area contributed by atoms with Crippen LogP contribution in [-0.4, -0.2) is 11.8 Å². The fraction of sp³-hybridized carbons (Fsp3) is 0.120. The van der Waals surface area contributed by atoms with Crippen molar-refractivity contribution in [3.8, 4) is 0 Å². The highest BCUT2D eigenvalue weighted by atomic mass is 16.2. The Morgan fingerprint density at radius 2 is 1.45 bits per heavy atom. The first-order chi connectivity index (χ1) is 14.0. The fourth-order valence-electron chi connectivity index (χ4n) is 3.56. The van der Waals surface area contributed by atoms with Crippen LogP contribution in [0.3, 0.4) is 0 Å². The number of rotatable bonds is 4. The standard InChI is InChI=1S/C25H22N2O2/c1-16-8-7-11-20(14-16)26-23-22(19-9-5-4-6-10-19)24(28)27(25(23)29)21-15-17(2)12-13-18(21)3/h4-15,26H,1-3H3. The molecule has 4 rings (SSSR count). The molecular weight excluding hydrogens is 360 g/mol. The molecule has 1 aliphatic rings. The summed E-state index contributed by atoms with van der Waals surface area (Å²) < 4.78 is 0. The summed E-state index contributed by atoms with van der Waals surface area (Å²) >= 11 is 0. The summed E-state index contributed by atoms with van der Waals surface area (Å²) in [5, 5.41) is 3.21. The van der Waals surface area contributed by atoms with Crippen molar-refractivity contribution in [2.24, 2.45) is 0 Å². The van der Waals surface area contributed by atoms with Gasteiger partial charge in [0.2, 0.25) is 0 Å². The predicted octanol–water partition coefficient (Wildman–Crippen LogP) is 5.01. The number of carbonyl (C=O) groups is 2. The first-order valence-corrected chi connectivity index (χ1v) is 9.55. The fourth-order valence-corrected chi connectivity index (χ4v) is 3.56. The molecule has 0 aromatic heterocycles. The van der Waals surface area contributed by atoms with E-state index in [0.29, 0.717) is 22.5 Å². The number of nitrogens with one attached hydrogen (secondary N) is 1. The molecule has 0 saturated carbocycles. The lowest BCUT2D eigenvalue weighted by molar-refractivity contribution is -0.120. The molecule has 0 saturated heterocycles. The highest BCUT2D eigenvalue weighted by molar-refractivity contribution is 6.46. The molecular formula is C25H22N2O2. The van der Waals surface area contributed by atoms with Crippen molar-refractivity contribution >= 4 is 28.8 Å². The summed E-state index contributed by atoms with van der Waals surface area (Å²) in [7, 11) is 0. The molecule has 0 bridgehead atoms. The molecule has 144 valence electrons. The van der Waals surface area contributed by atoms with Crippen molar-refractivity contribution in [2.45, 2.75) is 20.8 Å². The molecule has 1 heterocycles. The number of carbonyl (C=O) groups excluding carboxylic acids is 2. The van der Waals surface area contributed by atoms with E-state index in [-0.39, 0.29) is 11.8 Å². The number of hydrogen-bond acceptors (Lipinski definition) is 3. The van der Waals surface area contributed by atoms with Crippen molar-refractivity contribution in [1.82, 2.24) is 0 Å². The lowest BCUT2D eigenvalue weighted by atomic mass is 10.0. The third-order valence-corrected chi connectivity index (χ3v) is 5.04. The van der Waals surface area contributed by atoms with E-state index in [4.69, 9.17) is 0 Å². The van der Waals surface area contributed by atoms with Gasteiger partial charge in [-0.15, -0.1) is 0 Å². The predicted molar refractivity (Wildman–Crippen MR) is 117 cm³/mol. The monoisotopic (exact) mass is 382 g/mol. The summed E-state index contributed by atoms with van der Waals surface area (Å²) in [5.74, 6) is -0.658. The van der Waals surface area contributed by atoms with Crippen LogP contribution in [-0.2, 0) is 9.59 Å². The maximum Gasteiger partial charge on any atom is 0.282 e. The van der Waals surface area contributed by atoms with Gasteiger partial charge in [-0.1, -0.05) is 54.6 Å². The molecule has 3 aromatic carbocycles. The van der Waals surface area contributed by atoms with Crippen LogP contribution in [0.15, 0.2) is 78.5 Å². The zero-order valence-corrected chi connectivity index (χ0v) is 16.7. The highest BCUT2D eigenvalue weighted by Gasteiger charge is 2.40. The van der Waals surface area contributed by atoms with Gasteiger partial charge >= 0.3 is 0 Å². The second-order valence-electron chi connectivity index (χ2n) is 7.35. The number of hydrogen-bond donors (Lipinski definition) is 1. The van der Waals surface area contributed by atoms with Crippen LogP contribution in [0, 0.1) is 20.8 Å². The molecule has 2 amide bonds. The summed E-state index contributed by atoms with van der Waals surface area (Å²) in [4.78, 5) is 28.2. The van der Waals surface area contributed by atoms with E-state index in [0.717, 1.165) is 22.4 Å². The van der Waals surface area contributed by atoms with Crippen LogP contribution in [0.25, 0.3) is 5.57 Å². The molecule has 4 heteroatoms. The van der Waals surface area contributed by atoms with Crippen molar-refractivity contribution in [2.75, 3.05) is 10.2 Å². The van der Waals surface area contributed by atoms with Crippen LogP contribution in [0.1, 0.15) is 22.3 Å². The minimum Gasteiger partial charge on any atom is -0.350 e. The third-order valence-electron chi connectivity index (χ3n) is 5.04. The molecule has 0 fully saturated rings. The number of aryl methyl sites for hydroxylation is 3. The summed E-state index contributed by atoms with van der Waals surface area (Å²) in [6.45, 7) is 5.84. The van der Waals surface area contributed by atoms with Gasteiger partial charge in [0, 0.05) is 5.69 Å². The van der Waals surface area contributed by atoms with Crippen LogP contribution in [0.4, 0.5) is 11.4 Å². The van der Waals surface area contributed by atoms with E-state index < -0.39 is 0 Å². The first kappa shape index (κ1) is 18.7. The van der Waals surface area contributed by atoms with E-state index in [1.165, 1.54) is 4.90 Å². The summed E-state index contributed by atoms with van der Waals surface area (Å²) in [6, 6.07) is 22.9. The Morgan fingerprint density at radius 3 is 2.17 bits per heavy atom. The average molecular weight is 382 g/mol. The van der Waals surface area contributed by atoms with E-state index in [1.807, 2.05) is 93.6 Å². The Labute approximate surface area is 170 Å². The third kappa shape index (κ3) is 3.45. The molecule has 1 aliphatic heterocycles. The van der Waals surface area contributed by atoms with Crippen LogP contribution in [0.2, 0.25) is 0 Å². The van der Waals surface area contributed by atoms with E-state index in [9.17, 15) is 9.59 Å². The van der Waals surface area contributed by atoms with Crippen LogP contribution >= 0.6 is 0 Å². The maximum atomic E-state index is 13.5. The molecule has 29 heavy (non-hydrogen) atoms. The number of imide groups is 1. The number of benzene rings is 3. The van der Waals surface area contributed by atoms with Crippen molar-refractivity contribution in [3.63, 3.8) is 0 Å². The largest absolute Gasteiger partial charge is 0.350 e. The number of amides is 2. The van der Waals surface area contributed by atoms with Gasteiger partial charge in [-0.2, -0.15) is 0 Å². The van der Waals surface area contributed by atoms with Gasteiger partial charge < -0.3 is 5.32 Å². The summed E-state index contributed by atoms with van der Waals surface area (Å²) in [6.07, 6.45) is 0. The Kier molecular flexibility index (Phi) is 4.77. The Balaban J connectivity index is 1.85. The zero-order valence-electron chi connectivity index (χ0n) is 16.7. The topological polar surface area (TPSA) is 49.4 Å². The second-order valence-corrected chi connectivity index (χ2v) is 7.35. The average Bonchev–Trinajstić information content (AvgIpc) is 2.94. The van der Waals surface area contributed by atoms with Gasteiger partial charge in [0.05, 0.1) is 11.3 Å². The molecule has 4 nitrogen and oxygen atoms in total. The molecule has 0 atom stereocenters. The number of anilines is 2. The molecule has 0 radical (unpaired) electrons. The minimum atomic E-state index is -0.343. The van der Waals surface area contributed by atoms with E-state index >= 15 is 0 Å². The lowest BCUT2D eigenvalue weighted by Gasteiger charge is -2.18. The Bertz CT molecular complexity index is 1150. The second kappa shape index (κ2) is 7.40. The molecule has 0 aliphatic carbocycles. The summed E-state index contributed by atoms with van der Waals surface area (Å²) in [5.41, 5.74) is 5.74. The first-order valence-electron chi connectivity index (χ1n) is 9.55. The Hall–Kier alpha value is -3.66. The van der Waals surface area contributed by atoms with Gasteiger partial charge in [-0.25, -0.2) is 4.90 Å². The van der Waals surface area contributed by atoms with Crippen LogP contribution in [0.5, 0.6) is 0 Å². The van der Waals surface area contributed by atoms with E-state index in [1.54, 1.807) is 0 Å². The SMILES string of the molecule is Cc1cccc(NC2=C(c3ccccc3)C(=O)N(c3cc(C)ccc3C)C2=O)c1. The maximum absolute atomic E-state index is 13.5. The molecule has 3 aromatic rings. The van der Waals surface area contributed by atoms with Gasteiger partial charge in [0.25, 0.3) is 11.8 Å². The van der Waals surface area contributed by atoms with Crippen molar-refractivity contribution < 1.29 is 9.59 Å². The smallest absolute Gasteiger partial charge is 0.282 e. The minimum absolute atomic E-state index is 0.299. The van der Waals surface area contributed by atoms with E-state index in [2.05, 4.69) is 5.32 Å². The van der Waals surface area contributed by atoms with Gasteiger partial charge in [0.15, 0.2) is 0 Å². The van der Waals surface area contributed by atoms with Crippen molar-refractivity contribution in [1.29, 1.82) is 0 Å². The molecule has 0 unspecified atom stereocenters. The number of nitrogens with zero attached hydrogens (tertiary/aromatic N) is 1.